The standard InChI is InChI=1S/C25H32F2N4O/c1-18-6-7-19(16-31-12-4-5-21(31)17-30-10-2-3-11-30)13-24(18)29-25(32)15-28-20-8-9-22(26)23(27)14-20/h6-9,13-14,21,28H,2-5,10-12,15-17H2,1H3,(H,29,32). The maximum atomic E-state index is 13.3. The van der Waals surface area contributed by atoms with Crippen molar-refractivity contribution in [2.24, 2.45) is 0 Å². The Labute approximate surface area is 188 Å². The Morgan fingerprint density at radius 2 is 1.84 bits per heavy atom. The number of nitrogens with one attached hydrogen (secondary N) is 2. The molecule has 2 aromatic rings. The highest BCUT2D eigenvalue weighted by Gasteiger charge is 2.27. The second-order valence-corrected chi connectivity index (χ2v) is 8.95. The zero-order chi connectivity index (χ0) is 22.5. The second kappa shape index (κ2) is 10.4. The third kappa shape index (κ3) is 5.84. The maximum Gasteiger partial charge on any atom is 0.243 e. The summed E-state index contributed by atoms with van der Waals surface area (Å²) in [7, 11) is 0. The summed E-state index contributed by atoms with van der Waals surface area (Å²) in [5, 5.41) is 5.78. The van der Waals surface area contributed by atoms with E-state index in [0.717, 1.165) is 43.0 Å². The van der Waals surface area contributed by atoms with Crippen molar-refractivity contribution in [2.75, 3.05) is 43.4 Å². The lowest BCUT2D eigenvalue weighted by atomic mass is 10.1. The van der Waals surface area contributed by atoms with E-state index in [2.05, 4.69) is 32.6 Å². The fourth-order valence-corrected chi connectivity index (χ4v) is 4.69. The summed E-state index contributed by atoms with van der Waals surface area (Å²) in [4.78, 5) is 17.6. The number of hydrogen-bond acceptors (Lipinski definition) is 4. The number of likely N-dealkylation sites (tertiary alicyclic amines) is 2. The first kappa shape index (κ1) is 22.7. The molecule has 0 bridgehead atoms. The molecular weight excluding hydrogens is 410 g/mol. The predicted molar refractivity (Wildman–Crippen MR) is 124 cm³/mol. The SMILES string of the molecule is Cc1ccc(CN2CCCC2CN2CCCC2)cc1NC(=O)CNc1ccc(F)c(F)c1. The number of anilines is 2. The first-order chi connectivity index (χ1) is 15.5. The van der Waals surface area contributed by atoms with Crippen molar-refractivity contribution in [3.05, 3.63) is 59.2 Å². The van der Waals surface area contributed by atoms with Gasteiger partial charge in [-0.3, -0.25) is 9.69 Å². The quantitative estimate of drug-likeness (QED) is 0.637. The van der Waals surface area contributed by atoms with Crippen LogP contribution in [0.15, 0.2) is 36.4 Å². The van der Waals surface area contributed by atoms with Gasteiger partial charge in [0.25, 0.3) is 0 Å². The largest absolute Gasteiger partial charge is 0.376 e. The Morgan fingerprint density at radius 3 is 2.62 bits per heavy atom. The van der Waals surface area contributed by atoms with E-state index in [9.17, 15) is 13.6 Å². The zero-order valence-electron chi connectivity index (χ0n) is 18.7. The summed E-state index contributed by atoms with van der Waals surface area (Å²) in [6, 6.07) is 10.3. The molecule has 0 aliphatic carbocycles. The van der Waals surface area contributed by atoms with Gasteiger partial charge in [0.15, 0.2) is 11.6 Å². The van der Waals surface area contributed by atoms with E-state index in [1.807, 2.05) is 13.0 Å². The van der Waals surface area contributed by atoms with E-state index in [-0.39, 0.29) is 12.5 Å². The van der Waals surface area contributed by atoms with Gasteiger partial charge >= 0.3 is 0 Å². The van der Waals surface area contributed by atoms with Crippen LogP contribution in [0.25, 0.3) is 0 Å². The predicted octanol–water partition coefficient (Wildman–Crippen LogP) is 4.38. The van der Waals surface area contributed by atoms with Gasteiger partial charge in [0, 0.05) is 36.6 Å². The smallest absolute Gasteiger partial charge is 0.243 e. The molecular formula is C25H32F2N4O. The van der Waals surface area contributed by atoms with Crippen LogP contribution in [0.5, 0.6) is 0 Å². The van der Waals surface area contributed by atoms with Crippen molar-refractivity contribution in [3.63, 3.8) is 0 Å². The fourth-order valence-electron chi connectivity index (χ4n) is 4.69. The number of aryl methyl sites for hydroxylation is 1. The van der Waals surface area contributed by atoms with E-state index in [4.69, 9.17) is 0 Å². The Bertz CT molecular complexity index is 946. The van der Waals surface area contributed by atoms with E-state index >= 15 is 0 Å². The van der Waals surface area contributed by atoms with Crippen molar-refractivity contribution in [1.82, 2.24) is 9.80 Å². The zero-order valence-corrected chi connectivity index (χ0v) is 18.7. The normalized spacial score (nSPS) is 19.4. The molecule has 0 saturated carbocycles. The number of benzene rings is 2. The third-order valence-corrected chi connectivity index (χ3v) is 6.50. The van der Waals surface area contributed by atoms with Gasteiger partial charge in [0.2, 0.25) is 5.91 Å². The summed E-state index contributed by atoms with van der Waals surface area (Å²) >= 11 is 0. The van der Waals surface area contributed by atoms with Gasteiger partial charge in [-0.1, -0.05) is 12.1 Å². The molecule has 0 radical (unpaired) electrons. The lowest BCUT2D eigenvalue weighted by Crippen LogP contribution is -2.38. The molecule has 2 N–H and O–H groups in total. The number of rotatable bonds is 8. The maximum absolute atomic E-state index is 13.3. The van der Waals surface area contributed by atoms with E-state index in [0.29, 0.717) is 11.7 Å². The molecule has 1 amide bonds. The summed E-state index contributed by atoms with van der Waals surface area (Å²) < 4.78 is 26.4. The van der Waals surface area contributed by atoms with Crippen molar-refractivity contribution in [2.45, 2.75) is 45.2 Å². The first-order valence-electron chi connectivity index (χ1n) is 11.5. The van der Waals surface area contributed by atoms with Crippen LogP contribution in [0, 0.1) is 18.6 Å². The molecule has 2 fully saturated rings. The van der Waals surface area contributed by atoms with E-state index < -0.39 is 11.6 Å². The molecule has 32 heavy (non-hydrogen) atoms. The average molecular weight is 443 g/mol. The molecule has 5 nitrogen and oxygen atoms in total. The van der Waals surface area contributed by atoms with Crippen LogP contribution in [0.1, 0.15) is 36.8 Å². The Kier molecular flexibility index (Phi) is 7.37. The number of carbonyl (C=O) groups excluding carboxylic acids is 1. The monoisotopic (exact) mass is 442 g/mol. The van der Waals surface area contributed by atoms with Crippen molar-refractivity contribution >= 4 is 17.3 Å². The molecule has 172 valence electrons. The van der Waals surface area contributed by atoms with E-state index in [1.165, 1.54) is 50.4 Å². The minimum Gasteiger partial charge on any atom is -0.376 e. The number of nitrogens with zero attached hydrogens (tertiary/aromatic N) is 2. The fraction of sp³-hybridized carbons (Fsp3) is 0.480. The minimum absolute atomic E-state index is 0.0290. The Balaban J connectivity index is 1.33. The van der Waals surface area contributed by atoms with Crippen molar-refractivity contribution in [1.29, 1.82) is 0 Å². The van der Waals surface area contributed by atoms with E-state index in [1.54, 1.807) is 0 Å². The summed E-state index contributed by atoms with van der Waals surface area (Å²) in [5.74, 6) is -2.08. The number of hydrogen-bond donors (Lipinski definition) is 2. The molecule has 1 atom stereocenters. The molecule has 2 heterocycles. The van der Waals surface area contributed by atoms with Crippen LogP contribution >= 0.6 is 0 Å². The molecule has 0 spiro atoms. The molecule has 1 unspecified atom stereocenters. The van der Waals surface area contributed by atoms with Gasteiger partial charge in [-0.25, -0.2) is 8.78 Å². The molecule has 2 saturated heterocycles. The highest BCUT2D eigenvalue weighted by atomic mass is 19.2. The molecule has 7 heteroatoms. The average Bonchev–Trinajstić information content (AvgIpc) is 3.44. The van der Waals surface area contributed by atoms with Gasteiger partial charge in [-0.05, 0) is 81.6 Å². The van der Waals surface area contributed by atoms with Gasteiger partial charge < -0.3 is 15.5 Å². The van der Waals surface area contributed by atoms with Crippen LogP contribution in [-0.2, 0) is 11.3 Å². The molecule has 2 aromatic carbocycles. The van der Waals surface area contributed by atoms with Crippen LogP contribution in [0.3, 0.4) is 0 Å². The van der Waals surface area contributed by atoms with Gasteiger partial charge in [0.05, 0.1) is 6.54 Å². The van der Waals surface area contributed by atoms with Crippen LogP contribution in [0.4, 0.5) is 20.2 Å². The summed E-state index contributed by atoms with van der Waals surface area (Å²) in [6.45, 7) is 7.55. The van der Waals surface area contributed by atoms with Crippen LogP contribution < -0.4 is 10.6 Å². The van der Waals surface area contributed by atoms with Gasteiger partial charge in [-0.2, -0.15) is 0 Å². The van der Waals surface area contributed by atoms with Crippen molar-refractivity contribution < 1.29 is 13.6 Å². The lowest BCUT2D eigenvalue weighted by molar-refractivity contribution is -0.114. The highest BCUT2D eigenvalue weighted by molar-refractivity contribution is 5.94. The molecule has 2 aliphatic rings. The van der Waals surface area contributed by atoms with Crippen molar-refractivity contribution in [3.8, 4) is 0 Å². The first-order valence-corrected chi connectivity index (χ1v) is 11.5. The second-order valence-electron chi connectivity index (χ2n) is 8.95. The Hall–Kier alpha value is -2.51. The van der Waals surface area contributed by atoms with Gasteiger partial charge in [0.1, 0.15) is 0 Å². The molecule has 0 aromatic heterocycles. The highest BCUT2D eigenvalue weighted by Crippen LogP contribution is 2.25. The summed E-state index contributed by atoms with van der Waals surface area (Å²) in [6.07, 6.45) is 5.13. The third-order valence-electron chi connectivity index (χ3n) is 6.50. The molecule has 2 aliphatic heterocycles. The Morgan fingerprint density at radius 1 is 1.03 bits per heavy atom. The molecule has 4 rings (SSSR count). The van der Waals surface area contributed by atoms with Gasteiger partial charge in [-0.15, -0.1) is 0 Å². The number of carbonyl (C=O) groups is 1. The van der Waals surface area contributed by atoms with Crippen LogP contribution in [0.2, 0.25) is 0 Å². The lowest BCUT2D eigenvalue weighted by Gasteiger charge is -2.28. The van der Waals surface area contributed by atoms with Crippen LogP contribution in [-0.4, -0.2) is 54.5 Å². The minimum atomic E-state index is -0.941. The summed E-state index contributed by atoms with van der Waals surface area (Å²) in [5.41, 5.74) is 3.33. The topological polar surface area (TPSA) is 47.6 Å². The number of halogens is 2. The number of amides is 1.